The first-order chi connectivity index (χ1) is 7.65. The van der Waals surface area contributed by atoms with E-state index < -0.39 is 0 Å². The number of anilines is 1. The van der Waals surface area contributed by atoms with Crippen molar-refractivity contribution in [1.82, 2.24) is 14.8 Å². The highest BCUT2D eigenvalue weighted by Gasteiger charge is 2.08. The van der Waals surface area contributed by atoms with Crippen LogP contribution >= 0.6 is 11.6 Å². The Labute approximate surface area is 97.1 Å². The van der Waals surface area contributed by atoms with Gasteiger partial charge in [0.1, 0.15) is 5.15 Å². The number of carbonyl (C=O) groups is 1. The van der Waals surface area contributed by atoms with Gasteiger partial charge in [0.05, 0.1) is 11.8 Å². The van der Waals surface area contributed by atoms with E-state index in [1.165, 1.54) is 12.4 Å². The lowest BCUT2D eigenvalue weighted by molar-refractivity contribution is 0.102. The van der Waals surface area contributed by atoms with Crippen molar-refractivity contribution >= 4 is 23.2 Å². The van der Waals surface area contributed by atoms with Gasteiger partial charge in [0.15, 0.2) is 0 Å². The first-order valence-electron chi connectivity index (χ1n) is 4.57. The summed E-state index contributed by atoms with van der Waals surface area (Å²) in [5, 5.41) is 6.95. The van der Waals surface area contributed by atoms with Gasteiger partial charge in [-0.25, -0.2) is 4.98 Å². The zero-order valence-corrected chi connectivity index (χ0v) is 9.27. The van der Waals surface area contributed by atoms with Crippen LogP contribution in [0.4, 0.5) is 5.69 Å². The fraction of sp³-hybridized carbons (Fsp3) is 0.100. The topological polar surface area (TPSA) is 59.8 Å². The van der Waals surface area contributed by atoms with Crippen LogP contribution in [-0.2, 0) is 7.05 Å². The van der Waals surface area contributed by atoms with Crippen molar-refractivity contribution in [3.8, 4) is 0 Å². The van der Waals surface area contributed by atoms with Gasteiger partial charge < -0.3 is 5.32 Å². The number of pyridine rings is 1. The zero-order valence-electron chi connectivity index (χ0n) is 8.51. The summed E-state index contributed by atoms with van der Waals surface area (Å²) in [5.74, 6) is -0.227. The minimum Gasteiger partial charge on any atom is -0.322 e. The molecule has 2 aromatic heterocycles. The highest BCUT2D eigenvalue weighted by Crippen LogP contribution is 2.12. The van der Waals surface area contributed by atoms with Crippen molar-refractivity contribution < 1.29 is 4.79 Å². The van der Waals surface area contributed by atoms with Crippen LogP contribution in [0, 0.1) is 0 Å². The average Bonchev–Trinajstić information content (AvgIpc) is 2.65. The summed E-state index contributed by atoms with van der Waals surface area (Å²) in [6, 6.07) is 3.25. The predicted molar refractivity (Wildman–Crippen MR) is 60.4 cm³/mol. The summed E-state index contributed by atoms with van der Waals surface area (Å²) in [4.78, 5) is 15.5. The molecular weight excluding hydrogens is 228 g/mol. The molecule has 0 bridgehead atoms. The van der Waals surface area contributed by atoms with E-state index >= 15 is 0 Å². The average molecular weight is 237 g/mol. The second-order valence-electron chi connectivity index (χ2n) is 3.22. The molecule has 0 aromatic carbocycles. The van der Waals surface area contributed by atoms with E-state index in [4.69, 9.17) is 11.6 Å². The minimum absolute atomic E-state index is 0.227. The molecule has 5 nitrogen and oxygen atoms in total. The SMILES string of the molecule is Cn1cc(C(=O)Nc2ccnc(Cl)c2)cn1. The van der Waals surface area contributed by atoms with E-state index in [2.05, 4.69) is 15.4 Å². The first-order valence-corrected chi connectivity index (χ1v) is 4.94. The maximum absolute atomic E-state index is 11.7. The van der Waals surface area contributed by atoms with E-state index in [-0.39, 0.29) is 5.91 Å². The number of nitrogens with one attached hydrogen (secondary N) is 1. The molecule has 1 N–H and O–H groups in total. The van der Waals surface area contributed by atoms with E-state index in [9.17, 15) is 4.79 Å². The molecule has 2 heterocycles. The molecule has 2 rings (SSSR count). The Morgan fingerprint density at radius 1 is 1.56 bits per heavy atom. The summed E-state index contributed by atoms with van der Waals surface area (Å²) in [6.07, 6.45) is 4.66. The first kappa shape index (κ1) is 10.6. The molecule has 0 aliphatic carbocycles. The van der Waals surface area contributed by atoms with E-state index in [0.29, 0.717) is 16.4 Å². The lowest BCUT2D eigenvalue weighted by Gasteiger charge is -2.02. The van der Waals surface area contributed by atoms with E-state index in [1.54, 1.807) is 30.1 Å². The Hall–Kier alpha value is -1.88. The van der Waals surface area contributed by atoms with Gasteiger partial charge in [-0.15, -0.1) is 0 Å². The van der Waals surface area contributed by atoms with E-state index in [0.717, 1.165) is 0 Å². The molecule has 0 spiro atoms. The van der Waals surface area contributed by atoms with Crippen LogP contribution < -0.4 is 5.32 Å². The predicted octanol–water partition coefficient (Wildman–Crippen LogP) is 1.72. The number of nitrogens with zero attached hydrogens (tertiary/aromatic N) is 3. The highest BCUT2D eigenvalue weighted by molar-refractivity contribution is 6.29. The van der Waals surface area contributed by atoms with Gasteiger partial charge in [-0.05, 0) is 12.1 Å². The van der Waals surface area contributed by atoms with Crippen molar-refractivity contribution in [3.63, 3.8) is 0 Å². The van der Waals surface area contributed by atoms with Crippen molar-refractivity contribution in [3.05, 3.63) is 41.4 Å². The van der Waals surface area contributed by atoms with Crippen LogP contribution in [0.1, 0.15) is 10.4 Å². The summed E-state index contributed by atoms with van der Waals surface area (Å²) in [7, 11) is 1.75. The molecule has 0 saturated carbocycles. The number of hydrogen-bond donors (Lipinski definition) is 1. The number of hydrogen-bond acceptors (Lipinski definition) is 3. The second-order valence-corrected chi connectivity index (χ2v) is 3.61. The number of aromatic nitrogens is 3. The summed E-state index contributed by atoms with van der Waals surface area (Å²) in [6.45, 7) is 0. The standard InChI is InChI=1S/C10H9ClN4O/c1-15-6-7(5-13-15)10(16)14-8-2-3-12-9(11)4-8/h2-6H,1H3,(H,12,14,16). The molecule has 82 valence electrons. The molecule has 0 unspecified atom stereocenters. The lowest BCUT2D eigenvalue weighted by atomic mass is 10.3. The molecule has 2 aromatic rings. The van der Waals surface area contributed by atoms with Crippen molar-refractivity contribution in [1.29, 1.82) is 0 Å². The minimum atomic E-state index is -0.227. The van der Waals surface area contributed by atoms with Crippen molar-refractivity contribution in [2.24, 2.45) is 7.05 Å². The summed E-state index contributed by atoms with van der Waals surface area (Å²) >= 11 is 5.70. The monoisotopic (exact) mass is 236 g/mol. The Kier molecular flexibility index (Phi) is 2.87. The van der Waals surface area contributed by atoms with Gasteiger partial charge in [0.2, 0.25) is 0 Å². The van der Waals surface area contributed by atoms with Crippen molar-refractivity contribution in [2.75, 3.05) is 5.32 Å². The molecule has 1 amide bonds. The second kappa shape index (κ2) is 4.32. The van der Waals surface area contributed by atoms with Gasteiger partial charge in [-0.1, -0.05) is 11.6 Å². The van der Waals surface area contributed by atoms with Gasteiger partial charge in [-0.3, -0.25) is 9.48 Å². The number of rotatable bonds is 2. The molecule has 16 heavy (non-hydrogen) atoms. The van der Waals surface area contributed by atoms with Crippen LogP contribution in [0.15, 0.2) is 30.7 Å². The Balaban J connectivity index is 2.13. The largest absolute Gasteiger partial charge is 0.322 e. The van der Waals surface area contributed by atoms with Crippen LogP contribution in [0.5, 0.6) is 0 Å². The Bertz CT molecular complexity index is 523. The summed E-state index contributed by atoms with van der Waals surface area (Å²) in [5.41, 5.74) is 1.10. The Morgan fingerprint density at radius 3 is 3.00 bits per heavy atom. The molecular formula is C10H9ClN4O. The smallest absolute Gasteiger partial charge is 0.258 e. The van der Waals surface area contributed by atoms with Crippen LogP contribution in [-0.4, -0.2) is 20.7 Å². The number of halogens is 1. The maximum atomic E-state index is 11.7. The van der Waals surface area contributed by atoms with Crippen molar-refractivity contribution in [2.45, 2.75) is 0 Å². The molecule has 0 fully saturated rings. The van der Waals surface area contributed by atoms with Crippen LogP contribution in [0.2, 0.25) is 5.15 Å². The van der Waals surface area contributed by atoms with Gasteiger partial charge in [-0.2, -0.15) is 5.10 Å². The van der Waals surface area contributed by atoms with Crippen LogP contribution in [0.3, 0.4) is 0 Å². The number of amides is 1. The van der Waals surface area contributed by atoms with Crippen LogP contribution in [0.25, 0.3) is 0 Å². The maximum Gasteiger partial charge on any atom is 0.258 e. The van der Waals surface area contributed by atoms with Gasteiger partial charge >= 0.3 is 0 Å². The molecule has 0 aliphatic rings. The van der Waals surface area contributed by atoms with Gasteiger partial charge in [0.25, 0.3) is 5.91 Å². The third kappa shape index (κ3) is 2.38. The Morgan fingerprint density at radius 2 is 2.38 bits per heavy atom. The molecule has 0 aliphatic heterocycles. The molecule has 0 atom stereocenters. The fourth-order valence-electron chi connectivity index (χ4n) is 1.22. The van der Waals surface area contributed by atoms with Gasteiger partial charge in [0, 0.05) is 25.1 Å². The zero-order chi connectivity index (χ0) is 11.5. The number of carbonyl (C=O) groups excluding carboxylic acids is 1. The number of aryl methyl sites for hydroxylation is 1. The molecule has 0 saturated heterocycles. The normalized spacial score (nSPS) is 10.1. The van der Waals surface area contributed by atoms with E-state index in [1.807, 2.05) is 0 Å². The third-order valence-electron chi connectivity index (χ3n) is 1.95. The lowest BCUT2D eigenvalue weighted by Crippen LogP contribution is -2.11. The summed E-state index contributed by atoms with van der Waals surface area (Å²) < 4.78 is 1.56. The third-order valence-corrected chi connectivity index (χ3v) is 2.16. The quantitative estimate of drug-likeness (QED) is 0.808. The fourth-order valence-corrected chi connectivity index (χ4v) is 1.40. The molecule has 6 heteroatoms. The highest BCUT2D eigenvalue weighted by atomic mass is 35.5. The molecule has 0 radical (unpaired) electrons.